The Labute approximate surface area is 131 Å². The minimum atomic E-state index is -0.0319. The van der Waals surface area contributed by atoms with Crippen molar-refractivity contribution in [3.8, 4) is 0 Å². The molecule has 0 spiro atoms. The van der Waals surface area contributed by atoms with Crippen LogP contribution < -0.4 is 5.32 Å². The van der Waals surface area contributed by atoms with E-state index in [0.29, 0.717) is 29.6 Å². The molecule has 0 fully saturated rings. The first-order valence-corrected chi connectivity index (χ1v) is 7.53. The summed E-state index contributed by atoms with van der Waals surface area (Å²) in [4.78, 5) is 12.0. The highest BCUT2D eigenvalue weighted by atomic mass is 79.9. The van der Waals surface area contributed by atoms with E-state index in [1.165, 1.54) is 0 Å². The van der Waals surface area contributed by atoms with Gasteiger partial charge in [-0.3, -0.25) is 4.79 Å². The number of halogens is 3. The number of hydrogen-bond donors (Lipinski definition) is 1. The van der Waals surface area contributed by atoms with Crippen LogP contribution in [0.1, 0.15) is 12.0 Å². The van der Waals surface area contributed by atoms with Crippen molar-refractivity contribution in [2.75, 3.05) is 20.3 Å². The molecule has 0 saturated carbocycles. The Bertz CT molecular complexity index is 429. The molecular formula is C13H16BrCl2NO2. The number of rotatable bonds is 7. The Kier molecular flexibility index (Phi) is 7.76. The lowest BCUT2D eigenvalue weighted by atomic mass is 10.1. The molecule has 0 heterocycles. The normalized spacial score (nSPS) is 12.2. The molecule has 1 aromatic rings. The Morgan fingerprint density at radius 1 is 1.42 bits per heavy atom. The number of hydrogen-bond acceptors (Lipinski definition) is 2. The Morgan fingerprint density at radius 3 is 2.79 bits per heavy atom. The van der Waals surface area contributed by atoms with Gasteiger partial charge in [-0.25, -0.2) is 0 Å². The van der Waals surface area contributed by atoms with Crippen molar-refractivity contribution in [1.29, 1.82) is 0 Å². The van der Waals surface area contributed by atoms with E-state index in [1.807, 2.05) is 0 Å². The third-order valence-electron chi connectivity index (χ3n) is 2.48. The van der Waals surface area contributed by atoms with E-state index in [1.54, 1.807) is 25.3 Å². The molecule has 1 N–H and O–H groups in total. The van der Waals surface area contributed by atoms with Gasteiger partial charge < -0.3 is 10.1 Å². The van der Waals surface area contributed by atoms with Gasteiger partial charge in [-0.05, 0) is 24.1 Å². The summed E-state index contributed by atoms with van der Waals surface area (Å²) in [7, 11) is 1.65. The van der Waals surface area contributed by atoms with E-state index in [-0.39, 0.29) is 10.7 Å². The van der Waals surface area contributed by atoms with Crippen LogP contribution in [0.15, 0.2) is 18.2 Å². The zero-order valence-electron chi connectivity index (χ0n) is 10.6. The molecule has 1 rings (SSSR count). The molecular weight excluding hydrogens is 353 g/mol. The van der Waals surface area contributed by atoms with Crippen molar-refractivity contribution < 1.29 is 9.53 Å². The standard InChI is InChI=1S/C13H16BrCl2NO2/c1-19-8-10(14)4-5-17-13(18)7-9-2-3-11(15)12(16)6-9/h2-3,6,10H,4-5,7-8H2,1H3,(H,17,18). The average Bonchev–Trinajstić information content (AvgIpc) is 2.34. The first-order valence-electron chi connectivity index (χ1n) is 5.86. The van der Waals surface area contributed by atoms with Gasteiger partial charge in [0.05, 0.1) is 23.1 Å². The van der Waals surface area contributed by atoms with Crippen LogP contribution in [0.2, 0.25) is 10.0 Å². The fraction of sp³-hybridized carbons (Fsp3) is 0.462. The lowest BCUT2D eigenvalue weighted by Gasteiger charge is -2.09. The highest BCUT2D eigenvalue weighted by molar-refractivity contribution is 9.09. The molecule has 106 valence electrons. The molecule has 0 aromatic heterocycles. The van der Waals surface area contributed by atoms with Crippen LogP contribution in [0, 0.1) is 0 Å². The maximum Gasteiger partial charge on any atom is 0.224 e. The van der Waals surface area contributed by atoms with Crippen LogP contribution in [0.25, 0.3) is 0 Å². The molecule has 0 bridgehead atoms. The Hall–Kier alpha value is -0.290. The summed E-state index contributed by atoms with van der Waals surface area (Å²) < 4.78 is 4.99. The highest BCUT2D eigenvalue weighted by Gasteiger charge is 2.07. The van der Waals surface area contributed by atoms with Crippen molar-refractivity contribution in [2.24, 2.45) is 0 Å². The van der Waals surface area contributed by atoms with Crippen molar-refractivity contribution in [3.05, 3.63) is 33.8 Å². The maximum absolute atomic E-state index is 11.7. The average molecular weight is 369 g/mol. The second kappa shape index (κ2) is 8.80. The summed E-state index contributed by atoms with van der Waals surface area (Å²) in [6, 6.07) is 5.20. The number of carbonyl (C=O) groups is 1. The van der Waals surface area contributed by atoms with Crippen molar-refractivity contribution >= 4 is 45.0 Å². The molecule has 0 saturated heterocycles. The lowest BCUT2D eigenvalue weighted by molar-refractivity contribution is -0.120. The van der Waals surface area contributed by atoms with Gasteiger partial charge in [0, 0.05) is 18.5 Å². The van der Waals surface area contributed by atoms with Crippen LogP contribution >= 0.6 is 39.1 Å². The molecule has 1 amide bonds. The van der Waals surface area contributed by atoms with Crippen LogP contribution in [0.5, 0.6) is 0 Å². The summed E-state index contributed by atoms with van der Waals surface area (Å²) in [5.74, 6) is -0.0319. The topological polar surface area (TPSA) is 38.3 Å². The second-order valence-corrected chi connectivity index (χ2v) is 6.23. The van der Waals surface area contributed by atoms with Crippen LogP contribution in [0.3, 0.4) is 0 Å². The molecule has 1 aromatic carbocycles. The van der Waals surface area contributed by atoms with Gasteiger partial charge >= 0.3 is 0 Å². The zero-order valence-corrected chi connectivity index (χ0v) is 13.7. The van der Waals surface area contributed by atoms with Crippen molar-refractivity contribution in [3.63, 3.8) is 0 Å². The summed E-state index contributed by atoms with van der Waals surface area (Å²) in [6.07, 6.45) is 1.12. The number of carbonyl (C=O) groups excluding carboxylic acids is 1. The third-order valence-corrected chi connectivity index (χ3v) is 3.94. The van der Waals surface area contributed by atoms with E-state index in [2.05, 4.69) is 21.2 Å². The first-order chi connectivity index (χ1) is 9.02. The van der Waals surface area contributed by atoms with Crippen molar-refractivity contribution in [2.45, 2.75) is 17.7 Å². The van der Waals surface area contributed by atoms with Gasteiger partial charge in [0.2, 0.25) is 5.91 Å². The van der Waals surface area contributed by atoms with E-state index < -0.39 is 0 Å². The van der Waals surface area contributed by atoms with Crippen LogP contribution in [-0.2, 0) is 16.0 Å². The monoisotopic (exact) mass is 367 g/mol. The number of benzene rings is 1. The molecule has 0 radical (unpaired) electrons. The highest BCUT2D eigenvalue weighted by Crippen LogP contribution is 2.22. The van der Waals surface area contributed by atoms with Gasteiger partial charge in [0.25, 0.3) is 0 Å². The molecule has 1 atom stereocenters. The fourth-order valence-electron chi connectivity index (χ4n) is 1.53. The largest absolute Gasteiger partial charge is 0.384 e. The zero-order chi connectivity index (χ0) is 14.3. The SMILES string of the molecule is COCC(Br)CCNC(=O)Cc1ccc(Cl)c(Cl)c1. The molecule has 3 nitrogen and oxygen atoms in total. The quantitative estimate of drug-likeness (QED) is 0.748. The molecule has 0 aliphatic carbocycles. The Balaban J connectivity index is 2.33. The molecule has 0 aliphatic rings. The summed E-state index contributed by atoms with van der Waals surface area (Å²) in [5, 5.41) is 3.81. The molecule has 19 heavy (non-hydrogen) atoms. The van der Waals surface area contributed by atoms with Crippen molar-refractivity contribution in [1.82, 2.24) is 5.32 Å². The second-order valence-electron chi connectivity index (χ2n) is 4.12. The number of methoxy groups -OCH3 is 1. The summed E-state index contributed by atoms with van der Waals surface area (Å²) in [6.45, 7) is 1.24. The van der Waals surface area contributed by atoms with E-state index in [4.69, 9.17) is 27.9 Å². The van der Waals surface area contributed by atoms with E-state index >= 15 is 0 Å². The summed E-state index contributed by atoms with van der Waals surface area (Å²) >= 11 is 15.2. The number of ether oxygens (including phenoxy) is 1. The first kappa shape index (κ1) is 16.8. The molecule has 1 unspecified atom stereocenters. The number of nitrogens with one attached hydrogen (secondary N) is 1. The predicted octanol–water partition coefficient (Wildman–Crippen LogP) is 3.45. The minimum Gasteiger partial charge on any atom is -0.384 e. The van der Waals surface area contributed by atoms with Gasteiger partial charge in [0.15, 0.2) is 0 Å². The van der Waals surface area contributed by atoms with E-state index in [0.717, 1.165) is 12.0 Å². The van der Waals surface area contributed by atoms with Crippen LogP contribution in [0.4, 0.5) is 0 Å². The number of alkyl halides is 1. The summed E-state index contributed by atoms with van der Waals surface area (Å²) in [5.41, 5.74) is 0.846. The molecule has 0 aliphatic heterocycles. The van der Waals surface area contributed by atoms with Gasteiger partial charge in [-0.2, -0.15) is 0 Å². The third kappa shape index (κ3) is 6.61. The molecule has 6 heteroatoms. The van der Waals surface area contributed by atoms with Crippen LogP contribution in [-0.4, -0.2) is 31.0 Å². The predicted molar refractivity (Wildman–Crippen MR) is 82.4 cm³/mol. The Morgan fingerprint density at radius 2 is 2.16 bits per heavy atom. The lowest BCUT2D eigenvalue weighted by Crippen LogP contribution is -2.28. The maximum atomic E-state index is 11.7. The van der Waals surface area contributed by atoms with Gasteiger partial charge in [0.1, 0.15) is 0 Å². The smallest absolute Gasteiger partial charge is 0.224 e. The minimum absolute atomic E-state index is 0.0319. The number of amides is 1. The van der Waals surface area contributed by atoms with Gasteiger partial charge in [-0.15, -0.1) is 0 Å². The fourth-order valence-corrected chi connectivity index (χ4v) is 2.34. The van der Waals surface area contributed by atoms with Gasteiger partial charge in [-0.1, -0.05) is 45.2 Å². The van der Waals surface area contributed by atoms with E-state index in [9.17, 15) is 4.79 Å².